The van der Waals surface area contributed by atoms with E-state index in [9.17, 15) is 0 Å². The fourth-order valence-electron chi connectivity index (χ4n) is 1.30. The van der Waals surface area contributed by atoms with Gasteiger partial charge < -0.3 is 0 Å². The minimum Gasteiger partial charge on any atom is -0.265 e. The van der Waals surface area contributed by atoms with Gasteiger partial charge in [0.25, 0.3) is 0 Å². The predicted molar refractivity (Wildman–Crippen MR) is 61.1 cm³/mol. The second-order valence-electron chi connectivity index (χ2n) is 3.24. The van der Waals surface area contributed by atoms with Gasteiger partial charge in [0, 0.05) is 12.4 Å². The smallest absolute Gasteiger partial charge is 0.0299 e. The minimum atomic E-state index is 0.629. The van der Waals surface area contributed by atoms with Crippen LogP contribution < -0.4 is 0 Å². The first-order valence-corrected chi connectivity index (χ1v) is 5.06. The summed E-state index contributed by atoms with van der Waals surface area (Å²) in [5, 5.41) is 0. The quantitative estimate of drug-likeness (QED) is 0.566. The Labute approximate surface area is 82.3 Å². The van der Waals surface area contributed by atoms with Crippen molar-refractivity contribution in [2.45, 2.75) is 40.5 Å². The lowest BCUT2D eigenvalue weighted by Gasteiger charge is -2.09. The average Bonchev–Trinajstić information content (AvgIpc) is 2.13. The second kappa shape index (κ2) is 7.78. The van der Waals surface area contributed by atoms with Crippen LogP contribution in [0, 0.1) is 5.92 Å². The highest BCUT2D eigenvalue weighted by molar-refractivity contribution is 5.79. The zero-order chi connectivity index (χ0) is 10.1. The Morgan fingerprint density at radius 2 is 2.08 bits per heavy atom. The Balaban J connectivity index is 4.18. The van der Waals surface area contributed by atoms with Crippen molar-refractivity contribution in [3.05, 3.63) is 23.9 Å². The summed E-state index contributed by atoms with van der Waals surface area (Å²) >= 11 is 0. The van der Waals surface area contributed by atoms with E-state index >= 15 is 0 Å². The van der Waals surface area contributed by atoms with Crippen molar-refractivity contribution in [3.63, 3.8) is 0 Å². The number of aliphatic imine (C=N–C) groups is 1. The monoisotopic (exact) mass is 179 g/mol. The van der Waals surface area contributed by atoms with E-state index in [-0.39, 0.29) is 0 Å². The third-order valence-electron chi connectivity index (χ3n) is 2.08. The summed E-state index contributed by atoms with van der Waals surface area (Å²) in [7, 11) is 0. The Bertz CT molecular complexity index is 199. The van der Waals surface area contributed by atoms with Crippen molar-refractivity contribution in [2.75, 3.05) is 0 Å². The van der Waals surface area contributed by atoms with Gasteiger partial charge in [0.2, 0.25) is 0 Å². The van der Waals surface area contributed by atoms with Gasteiger partial charge in [0.1, 0.15) is 0 Å². The van der Waals surface area contributed by atoms with Gasteiger partial charge in [-0.2, -0.15) is 0 Å². The van der Waals surface area contributed by atoms with Crippen molar-refractivity contribution in [1.82, 2.24) is 0 Å². The molecule has 1 nitrogen and oxygen atoms in total. The van der Waals surface area contributed by atoms with E-state index in [2.05, 4.69) is 31.8 Å². The molecule has 0 fully saturated rings. The van der Waals surface area contributed by atoms with Crippen molar-refractivity contribution in [1.29, 1.82) is 0 Å². The molecule has 0 aromatic rings. The summed E-state index contributed by atoms with van der Waals surface area (Å²) in [6, 6.07) is 0. The van der Waals surface area contributed by atoms with Gasteiger partial charge in [0.05, 0.1) is 0 Å². The van der Waals surface area contributed by atoms with Gasteiger partial charge in [-0.05, 0) is 31.8 Å². The number of hydrogen-bond acceptors (Lipinski definition) is 1. The largest absolute Gasteiger partial charge is 0.265 e. The molecule has 0 amide bonds. The third-order valence-corrected chi connectivity index (χ3v) is 2.08. The number of allylic oxidation sites excluding steroid dienone is 3. The number of nitrogens with zero attached hydrogens (tertiary/aromatic N) is 1. The highest BCUT2D eigenvalue weighted by Gasteiger charge is 2.03. The van der Waals surface area contributed by atoms with E-state index in [1.807, 2.05) is 25.4 Å². The van der Waals surface area contributed by atoms with Gasteiger partial charge in [-0.15, -0.1) is 0 Å². The van der Waals surface area contributed by atoms with E-state index in [0.29, 0.717) is 5.92 Å². The highest BCUT2D eigenvalue weighted by Crippen LogP contribution is 2.14. The Kier molecular flexibility index (Phi) is 7.27. The van der Waals surface area contributed by atoms with Crippen LogP contribution in [-0.2, 0) is 0 Å². The summed E-state index contributed by atoms with van der Waals surface area (Å²) in [6.07, 6.45) is 10.3. The predicted octanol–water partition coefficient (Wildman–Crippen LogP) is 3.97. The topological polar surface area (TPSA) is 12.4 Å². The Hall–Kier alpha value is -0.850. The summed E-state index contributed by atoms with van der Waals surface area (Å²) in [4.78, 5) is 4.19. The molecule has 0 aromatic heterocycles. The first-order valence-electron chi connectivity index (χ1n) is 5.06. The minimum absolute atomic E-state index is 0.629. The van der Waals surface area contributed by atoms with Gasteiger partial charge >= 0.3 is 0 Å². The SMILES string of the molecule is C\C=C/N=C\C(=C/C)C(C)CCC. The van der Waals surface area contributed by atoms with Crippen LogP contribution in [0.15, 0.2) is 28.9 Å². The molecule has 0 aromatic carbocycles. The molecule has 0 aliphatic carbocycles. The maximum Gasteiger partial charge on any atom is 0.0299 e. The van der Waals surface area contributed by atoms with Gasteiger partial charge in [0.15, 0.2) is 0 Å². The maximum atomic E-state index is 4.19. The summed E-state index contributed by atoms with van der Waals surface area (Å²) in [5.41, 5.74) is 1.33. The zero-order valence-corrected chi connectivity index (χ0v) is 9.25. The van der Waals surface area contributed by atoms with E-state index in [1.54, 1.807) is 0 Å². The van der Waals surface area contributed by atoms with Crippen molar-refractivity contribution in [2.24, 2.45) is 10.9 Å². The molecule has 74 valence electrons. The molecule has 0 spiro atoms. The van der Waals surface area contributed by atoms with Crippen molar-refractivity contribution >= 4 is 6.21 Å². The first-order chi connectivity index (χ1) is 6.26. The average molecular weight is 179 g/mol. The van der Waals surface area contributed by atoms with Crippen LogP contribution in [0.3, 0.4) is 0 Å². The van der Waals surface area contributed by atoms with Crippen molar-refractivity contribution < 1.29 is 0 Å². The van der Waals surface area contributed by atoms with Crippen LogP contribution >= 0.6 is 0 Å². The second-order valence-corrected chi connectivity index (χ2v) is 3.24. The fraction of sp³-hybridized carbons (Fsp3) is 0.583. The van der Waals surface area contributed by atoms with Crippen LogP contribution in [0.25, 0.3) is 0 Å². The summed E-state index contributed by atoms with van der Waals surface area (Å²) in [6.45, 7) is 8.51. The Morgan fingerprint density at radius 1 is 1.38 bits per heavy atom. The number of hydrogen-bond donors (Lipinski definition) is 0. The molecule has 0 saturated heterocycles. The van der Waals surface area contributed by atoms with E-state index < -0.39 is 0 Å². The van der Waals surface area contributed by atoms with Gasteiger partial charge in [-0.3, -0.25) is 4.99 Å². The molecule has 1 unspecified atom stereocenters. The molecule has 0 aliphatic heterocycles. The van der Waals surface area contributed by atoms with E-state index in [1.165, 1.54) is 18.4 Å². The van der Waals surface area contributed by atoms with Crippen LogP contribution in [0.1, 0.15) is 40.5 Å². The zero-order valence-electron chi connectivity index (χ0n) is 9.25. The molecule has 1 atom stereocenters. The van der Waals surface area contributed by atoms with Crippen molar-refractivity contribution in [3.8, 4) is 0 Å². The van der Waals surface area contributed by atoms with Gasteiger partial charge in [-0.25, -0.2) is 0 Å². The van der Waals surface area contributed by atoms with Crippen LogP contribution in [-0.4, -0.2) is 6.21 Å². The standard InChI is InChI=1S/C12H21N/c1-5-8-11(4)12(7-3)10-13-9-6-2/h6-7,9-11H,5,8H2,1-4H3/b9-6-,12-7+,13-10-. The molecule has 0 bridgehead atoms. The highest BCUT2D eigenvalue weighted by atomic mass is 14.7. The lowest BCUT2D eigenvalue weighted by Crippen LogP contribution is -1.99. The van der Waals surface area contributed by atoms with Crippen LogP contribution in [0.5, 0.6) is 0 Å². The molecule has 0 aliphatic rings. The van der Waals surface area contributed by atoms with E-state index in [4.69, 9.17) is 0 Å². The maximum absolute atomic E-state index is 4.19. The van der Waals surface area contributed by atoms with Crippen LogP contribution in [0.4, 0.5) is 0 Å². The molecular formula is C12H21N. The summed E-state index contributed by atoms with van der Waals surface area (Å²) < 4.78 is 0. The van der Waals surface area contributed by atoms with E-state index in [0.717, 1.165) is 0 Å². The molecule has 1 heteroatoms. The molecule has 0 heterocycles. The van der Waals surface area contributed by atoms with Gasteiger partial charge in [-0.1, -0.05) is 32.4 Å². The molecule has 0 N–H and O–H groups in total. The van der Waals surface area contributed by atoms with Crippen LogP contribution in [0.2, 0.25) is 0 Å². The Morgan fingerprint density at radius 3 is 2.54 bits per heavy atom. The molecule has 0 radical (unpaired) electrons. The fourth-order valence-corrected chi connectivity index (χ4v) is 1.30. The summed E-state index contributed by atoms with van der Waals surface area (Å²) in [5.74, 6) is 0.629. The normalized spacial score (nSPS) is 15.8. The molecule has 13 heavy (non-hydrogen) atoms. The lowest BCUT2D eigenvalue weighted by molar-refractivity contribution is 0.620. The lowest BCUT2D eigenvalue weighted by atomic mass is 9.97. The molecule has 0 saturated carbocycles. The molecular weight excluding hydrogens is 158 g/mol. The molecule has 0 rings (SSSR count). The first kappa shape index (κ1) is 12.2. The number of rotatable bonds is 5. The third kappa shape index (κ3) is 5.40.